The molecule has 2 aromatic carbocycles. The molecule has 0 aliphatic carbocycles. The second kappa shape index (κ2) is 6.96. The molecule has 1 aliphatic rings. The van der Waals surface area contributed by atoms with E-state index in [9.17, 15) is 23.2 Å². The Bertz CT molecular complexity index is 936. The minimum atomic E-state index is -1.42. The van der Waals surface area contributed by atoms with Gasteiger partial charge in [-0.15, -0.1) is 0 Å². The number of hydrogen-bond donors (Lipinski definition) is 2. The van der Waals surface area contributed by atoms with Gasteiger partial charge in [0, 0.05) is 0 Å². The molecule has 1 saturated heterocycles. The maximum absolute atomic E-state index is 13.1. The summed E-state index contributed by atoms with van der Waals surface area (Å²) >= 11 is 5.84. The van der Waals surface area contributed by atoms with Crippen molar-refractivity contribution in [3.05, 3.63) is 64.7 Å². The van der Waals surface area contributed by atoms with E-state index < -0.39 is 41.6 Å². The highest BCUT2D eigenvalue weighted by Gasteiger charge is 2.49. The molecule has 0 spiro atoms. The third-order valence-corrected chi connectivity index (χ3v) is 4.52. The zero-order valence-electron chi connectivity index (χ0n) is 14.1. The summed E-state index contributed by atoms with van der Waals surface area (Å²) in [7, 11) is 0. The summed E-state index contributed by atoms with van der Waals surface area (Å²) in [5, 5.41) is 4.92. The van der Waals surface area contributed by atoms with Gasteiger partial charge in [0.2, 0.25) is 5.91 Å². The van der Waals surface area contributed by atoms with Crippen molar-refractivity contribution in [2.45, 2.75) is 12.5 Å². The number of nitrogens with zero attached hydrogens (tertiary/aromatic N) is 1. The Morgan fingerprint density at radius 2 is 1.78 bits per heavy atom. The van der Waals surface area contributed by atoms with E-state index in [1.807, 2.05) is 0 Å². The van der Waals surface area contributed by atoms with Crippen LogP contribution in [0.2, 0.25) is 5.02 Å². The van der Waals surface area contributed by atoms with Gasteiger partial charge in [-0.2, -0.15) is 0 Å². The lowest BCUT2D eigenvalue weighted by Gasteiger charge is -2.22. The molecule has 6 nitrogen and oxygen atoms in total. The molecule has 9 heteroatoms. The predicted molar refractivity (Wildman–Crippen MR) is 94.0 cm³/mol. The number of rotatable bonds is 4. The fourth-order valence-electron chi connectivity index (χ4n) is 2.74. The molecule has 0 saturated carbocycles. The minimum absolute atomic E-state index is 0.0169. The van der Waals surface area contributed by atoms with Gasteiger partial charge in [0.1, 0.15) is 23.7 Å². The minimum Gasteiger partial charge on any atom is -0.323 e. The summed E-state index contributed by atoms with van der Waals surface area (Å²) in [6.45, 7) is 0.907. The van der Waals surface area contributed by atoms with Gasteiger partial charge in [0.05, 0.1) is 10.7 Å². The summed E-state index contributed by atoms with van der Waals surface area (Å²) in [6.07, 6.45) is 0. The lowest BCUT2D eigenvalue weighted by atomic mass is 9.92. The van der Waals surface area contributed by atoms with Gasteiger partial charge < -0.3 is 10.6 Å². The van der Waals surface area contributed by atoms with Crippen LogP contribution in [-0.2, 0) is 15.1 Å². The van der Waals surface area contributed by atoms with Gasteiger partial charge in [-0.05, 0) is 42.8 Å². The fourth-order valence-corrected chi connectivity index (χ4v) is 2.96. The number of urea groups is 1. The Balaban J connectivity index is 1.75. The van der Waals surface area contributed by atoms with Gasteiger partial charge >= 0.3 is 6.03 Å². The Morgan fingerprint density at radius 1 is 1.15 bits per heavy atom. The molecule has 0 radical (unpaired) electrons. The van der Waals surface area contributed by atoms with E-state index >= 15 is 0 Å². The highest BCUT2D eigenvalue weighted by Crippen LogP contribution is 2.29. The third kappa shape index (κ3) is 3.61. The number of benzene rings is 2. The second-order valence-corrected chi connectivity index (χ2v) is 6.53. The van der Waals surface area contributed by atoms with E-state index in [-0.39, 0.29) is 10.7 Å². The first-order valence-corrected chi connectivity index (χ1v) is 8.23. The zero-order valence-corrected chi connectivity index (χ0v) is 14.8. The lowest BCUT2D eigenvalue weighted by Crippen LogP contribution is -2.42. The number of amides is 4. The molecule has 0 aromatic heterocycles. The van der Waals surface area contributed by atoms with Gasteiger partial charge in [0.15, 0.2) is 0 Å². The number of halogens is 3. The van der Waals surface area contributed by atoms with Crippen molar-refractivity contribution in [1.82, 2.24) is 10.2 Å². The fraction of sp³-hybridized carbons (Fsp3) is 0.167. The lowest BCUT2D eigenvalue weighted by molar-refractivity contribution is -0.133. The molecule has 1 heterocycles. The molecule has 1 atom stereocenters. The quantitative estimate of drug-likeness (QED) is 0.784. The van der Waals surface area contributed by atoms with E-state index in [0.717, 1.165) is 17.0 Å². The first kappa shape index (κ1) is 18.8. The maximum atomic E-state index is 13.1. The predicted octanol–water partition coefficient (Wildman–Crippen LogP) is 3.02. The highest BCUT2D eigenvalue weighted by molar-refractivity contribution is 6.33. The molecule has 2 aromatic rings. The maximum Gasteiger partial charge on any atom is 0.325 e. The Labute approximate surface area is 158 Å². The van der Waals surface area contributed by atoms with Crippen LogP contribution in [0.4, 0.5) is 19.3 Å². The molecule has 2 N–H and O–H groups in total. The molecule has 140 valence electrons. The number of carbonyl (C=O) groups is 3. The van der Waals surface area contributed by atoms with Crippen molar-refractivity contribution in [3.63, 3.8) is 0 Å². The summed E-state index contributed by atoms with van der Waals surface area (Å²) in [5.41, 5.74) is -0.887. The zero-order chi connectivity index (χ0) is 19.8. The smallest absolute Gasteiger partial charge is 0.323 e. The molecule has 3 rings (SSSR count). The molecule has 27 heavy (non-hydrogen) atoms. The van der Waals surface area contributed by atoms with Crippen LogP contribution in [0.15, 0.2) is 42.5 Å². The number of hydrogen-bond acceptors (Lipinski definition) is 3. The first-order valence-electron chi connectivity index (χ1n) is 7.86. The average Bonchev–Trinajstić information content (AvgIpc) is 2.82. The summed E-state index contributed by atoms with van der Waals surface area (Å²) in [5.74, 6) is -2.39. The van der Waals surface area contributed by atoms with Gasteiger partial charge in [0.25, 0.3) is 5.91 Å². The number of imide groups is 1. The van der Waals surface area contributed by atoms with Crippen molar-refractivity contribution in [2.75, 3.05) is 11.9 Å². The van der Waals surface area contributed by atoms with Crippen molar-refractivity contribution in [2.24, 2.45) is 0 Å². The second-order valence-electron chi connectivity index (χ2n) is 6.13. The number of carbonyl (C=O) groups excluding carboxylic acids is 3. The molecular formula is C18H14ClF2N3O3. The Hall–Kier alpha value is -3.00. The molecule has 0 bridgehead atoms. The van der Waals surface area contributed by atoms with Crippen molar-refractivity contribution < 1.29 is 23.2 Å². The van der Waals surface area contributed by atoms with Crippen molar-refractivity contribution in [3.8, 4) is 0 Å². The van der Waals surface area contributed by atoms with Crippen LogP contribution in [-0.4, -0.2) is 29.3 Å². The van der Waals surface area contributed by atoms with Gasteiger partial charge in [-0.3, -0.25) is 14.5 Å². The topological polar surface area (TPSA) is 78.5 Å². The van der Waals surface area contributed by atoms with Gasteiger partial charge in [-0.25, -0.2) is 13.6 Å². The normalized spacial score (nSPS) is 19.2. The Morgan fingerprint density at radius 3 is 2.41 bits per heavy atom. The van der Waals surface area contributed by atoms with Crippen molar-refractivity contribution >= 4 is 35.1 Å². The SMILES string of the molecule is CC1(c2ccc(F)cc2)NC(=O)N(CC(=O)Nc2ccc(F)cc2Cl)C1=O. The van der Waals surface area contributed by atoms with Gasteiger partial charge in [-0.1, -0.05) is 23.7 Å². The summed E-state index contributed by atoms with van der Waals surface area (Å²) in [4.78, 5) is 37.9. The molecule has 1 unspecified atom stereocenters. The van der Waals surface area contributed by atoms with Crippen LogP contribution in [0.1, 0.15) is 12.5 Å². The van der Waals surface area contributed by atoms with Crippen LogP contribution >= 0.6 is 11.6 Å². The standard InChI is InChI=1S/C18H14ClF2N3O3/c1-18(10-2-4-11(20)5-3-10)16(26)24(17(27)23-18)9-15(25)22-14-7-6-12(21)8-13(14)19/h2-8H,9H2,1H3,(H,22,25)(H,23,27). The monoisotopic (exact) mass is 393 g/mol. The molecule has 4 amide bonds. The number of nitrogens with one attached hydrogen (secondary N) is 2. The van der Waals surface area contributed by atoms with E-state index in [4.69, 9.17) is 11.6 Å². The van der Waals surface area contributed by atoms with Crippen LogP contribution in [0, 0.1) is 11.6 Å². The van der Waals surface area contributed by atoms with Crippen LogP contribution < -0.4 is 10.6 Å². The van der Waals surface area contributed by atoms with E-state index in [2.05, 4.69) is 10.6 Å². The third-order valence-electron chi connectivity index (χ3n) is 4.20. The average molecular weight is 394 g/mol. The van der Waals surface area contributed by atoms with Crippen molar-refractivity contribution in [1.29, 1.82) is 0 Å². The number of anilines is 1. The van der Waals surface area contributed by atoms with E-state index in [1.54, 1.807) is 0 Å². The van der Waals surface area contributed by atoms with E-state index in [0.29, 0.717) is 5.56 Å². The van der Waals surface area contributed by atoms with Crippen LogP contribution in [0.5, 0.6) is 0 Å². The first-order chi connectivity index (χ1) is 12.7. The molecule has 1 fully saturated rings. The van der Waals surface area contributed by atoms with Crippen LogP contribution in [0.3, 0.4) is 0 Å². The van der Waals surface area contributed by atoms with Crippen LogP contribution in [0.25, 0.3) is 0 Å². The highest BCUT2D eigenvalue weighted by atomic mass is 35.5. The largest absolute Gasteiger partial charge is 0.325 e. The molecule has 1 aliphatic heterocycles. The summed E-state index contributed by atoms with van der Waals surface area (Å²) in [6, 6.07) is 7.76. The molecular weight excluding hydrogens is 380 g/mol. The van der Waals surface area contributed by atoms with E-state index in [1.165, 1.54) is 37.3 Å². The summed E-state index contributed by atoms with van der Waals surface area (Å²) < 4.78 is 26.2. The Kier molecular flexibility index (Phi) is 4.84.